The van der Waals surface area contributed by atoms with E-state index in [0.717, 1.165) is 10.6 Å². The average molecular weight is 299 g/mol. The second-order valence-corrected chi connectivity index (χ2v) is 5.41. The van der Waals surface area contributed by atoms with E-state index in [1.54, 1.807) is 28.3 Å². The lowest BCUT2D eigenvalue weighted by atomic mass is 10.2. The monoisotopic (exact) mass is 299 g/mol. The summed E-state index contributed by atoms with van der Waals surface area (Å²) < 4.78 is 6.41. The van der Waals surface area contributed by atoms with E-state index in [1.807, 2.05) is 25.1 Å². The van der Waals surface area contributed by atoms with Crippen LogP contribution in [0.5, 0.6) is 0 Å². The summed E-state index contributed by atoms with van der Waals surface area (Å²) >= 11 is 1.60. The second kappa shape index (κ2) is 5.49. The van der Waals surface area contributed by atoms with Gasteiger partial charge in [0.25, 0.3) is 0 Å². The van der Waals surface area contributed by atoms with Crippen molar-refractivity contribution in [1.29, 1.82) is 0 Å². The van der Waals surface area contributed by atoms with E-state index < -0.39 is 5.97 Å². The minimum Gasteiger partial charge on any atom is -0.464 e. The molecule has 0 N–H and O–H groups in total. The third-order valence-electron chi connectivity index (χ3n) is 2.95. The third kappa shape index (κ3) is 2.57. The first-order valence-electron chi connectivity index (χ1n) is 6.34. The first kappa shape index (κ1) is 13.5. The Bertz CT molecular complexity index is 777. The Morgan fingerprint density at radius 1 is 1.33 bits per heavy atom. The molecule has 0 aliphatic heterocycles. The topological polar surface area (TPSA) is 57.0 Å². The molecule has 6 heteroatoms. The van der Waals surface area contributed by atoms with Crippen LogP contribution in [-0.4, -0.2) is 27.8 Å². The summed E-state index contributed by atoms with van der Waals surface area (Å²) in [5.41, 5.74) is 2.26. The largest absolute Gasteiger partial charge is 0.464 e. The van der Waals surface area contributed by atoms with Gasteiger partial charge in [-0.15, -0.1) is 11.3 Å². The number of aryl methyl sites for hydroxylation is 1. The average Bonchev–Trinajstić information content (AvgIpc) is 3.13. The number of carbonyl (C=O) groups is 1. The molecule has 106 valence electrons. The number of methoxy groups -OCH3 is 1. The van der Waals surface area contributed by atoms with Gasteiger partial charge in [0.2, 0.25) is 0 Å². The van der Waals surface area contributed by atoms with Gasteiger partial charge in [-0.3, -0.25) is 0 Å². The van der Waals surface area contributed by atoms with Crippen LogP contribution in [0.15, 0.2) is 41.9 Å². The van der Waals surface area contributed by atoms with E-state index in [0.29, 0.717) is 5.82 Å². The molecule has 0 fully saturated rings. The highest BCUT2D eigenvalue weighted by Gasteiger charge is 2.18. The second-order valence-electron chi connectivity index (χ2n) is 4.49. The first-order valence-corrected chi connectivity index (χ1v) is 7.22. The van der Waals surface area contributed by atoms with E-state index >= 15 is 0 Å². The van der Waals surface area contributed by atoms with E-state index in [4.69, 9.17) is 4.74 Å². The molecule has 3 rings (SSSR count). The number of thiophene rings is 1. The lowest BCUT2D eigenvalue weighted by molar-refractivity contribution is 0.0593. The van der Waals surface area contributed by atoms with Gasteiger partial charge in [-0.05, 0) is 36.1 Å². The maximum atomic E-state index is 11.7. The lowest BCUT2D eigenvalue weighted by Crippen LogP contribution is -2.05. The number of nitrogens with zero attached hydrogens (tertiary/aromatic N) is 3. The maximum absolute atomic E-state index is 11.7. The third-order valence-corrected chi connectivity index (χ3v) is 4.02. The van der Waals surface area contributed by atoms with Crippen LogP contribution < -0.4 is 0 Å². The van der Waals surface area contributed by atoms with E-state index in [-0.39, 0.29) is 5.69 Å². The number of aromatic nitrogens is 3. The molecule has 5 nitrogen and oxygen atoms in total. The molecule has 0 spiro atoms. The fraction of sp³-hybridized carbons (Fsp3) is 0.133. The molecule has 0 amide bonds. The number of ether oxygens (including phenoxy) is 1. The summed E-state index contributed by atoms with van der Waals surface area (Å²) in [5, 5.41) is 6.38. The van der Waals surface area contributed by atoms with Crippen molar-refractivity contribution in [1.82, 2.24) is 14.8 Å². The summed E-state index contributed by atoms with van der Waals surface area (Å²) in [7, 11) is 1.34. The van der Waals surface area contributed by atoms with Crippen LogP contribution in [-0.2, 0) is 4.74 Å². The fourth-order valence-corrected chi connectivity index (χ4v) is 2.88. The number of carbonyl (C=O) groups excluding carboxylic acids is 1. The van der Waals surface area contributed by atoms with Gasteiger partial charge in [0.05, 0.1) is 17.7 Å². The summed E-state index contributed by atoms with van der Waals surface area (Å²) in [4.78, 5) is 17.1. The first-order chi connectivity index (χ1) is 10.2. The zero-order valence-electron chi connectivity index (χ0n) is 11.6. The van der Waals surface area contributed by atoms with Crippen LogP contribution in [0.1, 0.15) is 16.1 Å². The summed E-state index contributed by atoms with van der Waals surface area (Å²) in [6.07, 6.45) is 1.69. The normalized spacial score (nSPS) is 10.6. The molecule has 3 aromatic rings. The van der Waals surface area contributed by atoms with Gasteiger partial charge >= 0.3 is 5.97 Å². The molecule has 0 bridgehead atoms. The number of hydrogen-bond acceptors (Lipinski definition) is 5. The quantitative estimate of drug-likeness (QED) is 0.697. The van der Waals surface area contributed by atoms with Crippen molar-refractivity contribution in [2.45, 2.75) is 6.92 Å². The molecule has 0 atom stereocenters. The Labute approximate surface area is 125 Å². The number of hydrogen-bond donors (Lipinski definition) is 0. The van der Waals surface area contributed by atoms with E-state index in [1.165, 1.54) is 12.7 Å². The molecule has 0 aliphatic carbocycles. The molecule has 0 unspecified atom stereocenters. The van der Waals surface area contributed by atoms with Gasteiger partial charge in [-0.2, -0.15) is 5.10 Å². The van der Waals surface area contributed by atoms with Gasteiger partial charge in [0, 0.05) is 12.3 Å². The fourth-order valence-electron chi connectivity index (χ4n) is 1.98. The van der Waals surface area contributed by atoms with Gasteiger partial charge in [-0.25, -0.2) is 14.5 Å². The van der Waals surface area contributed by atoms with Gasteiger partial charge in [-0.1, -0.05) is 6.07 Å². The zero-order chi connectivity index (χ0) is 14.8. The predicted octanol–water partition coefficient (Wildman–Crippen LogP) is 3.09. The van der Waals surface area contributed by atoms with Crippen LogP contribution in [0.25, 0.3) is 16.4 Å². The van der Waals surface area contributed by atoms with Gasteiger partial charge in [0.15, 0.2) is 11.5 Å². The predicted molar refractivity (Wildman–Crippen MR) is 80.7 cm³/mol. The smallest absolute Gasteiger partial charge is 0.358 e. The van der Waals surface area contributed by atoms with Crippen molar-refractivity contribution in [3.63, 3.8) is 0 Å². The van der Waals surface area contributed by atoms with Crippen molar-refractivity contribution in [2.24, 2.45) is 0 Å². The Morgan fingerprint density at radius 2 is 2.19 bits per heavy atom. The van der Waals surface area contributed by atoms with Gasteiger partial charge in [0.1, 0.15) is 0 Å². The van der Waals surface area contributed by atoms with Crippen LogP contribution in [0.3, 0.4) is 0 Å². The Kier molecular flexibility index (Phi) is 3.53. The van der Waals surface area contributed by atoms with Crippen LogP contribution in [0.4, 0.5) is 0 Å². The minimum atomic E-state index is -0.459. The van der Waals surface area contributed by atoms with Crippen molar-refractivity contribution in [3.8, 4) is 16.4 Å². The van der Waals surface area contributed by atoms with Crippen molar-refractivity contribution >= 4 is 17.3 Å². The van der Waals surface area contributed by atoms with Crippen molar-refractivity contribution in [3.05, 3.63) is 53.2 Å². The molecule has 3 heterocycles. The highest BCUT2D eigenvalue weighted by atomic mass is 32.1. The molecule has 0 aromatic carbocycles. The molecule has 0 radical (unpaired) electrons. The molecular formula is C15H13N3O2S. The highest BCUT2D eigenvalue weighted by Crippen LogP contribution is 2.29. The number of esters is 1. The standard InChI is InChI=1S/C15H13N3O2S/c1-10-7-13(21-9-10)12-8-11(15(19)20-2)17-18(12)14-5-3-4-6-16-14/h3-9H,1-2H3. The molecule has 0 aliphatic rings. The molecular weight excluding hydrogens is 286 g/mol. The number of rotatable bonds is 3. The van der Waals surface area contributed by atoms with Crippen molar-refractivity contribution in [2.75, 3.05) is 7.11 Å². The minimum absolute atomic E-state index is 0.268. The molecule has 0 saturated heterocycles. The molecule has 21 heavy (non-hydrogen) atoms. The van der Waals surface area contributed by atoms with Crippen LogP contribution in [0.2, 0.25) is 0 Å². The van der Waals surface area contributed by atoms with Crippen LogP contribution in [0, 0.1) is 6.92 Å². The highest BCUT2D eigenvalue weighted by molar-refractivity contribution is 7.13. The maximum Gasteiger partial charge on any atom is 0.358 e. The molecule has 0 saturated carbocycles. The number of pyridine rings is 1. The van der Waals surface area contributed by atoms with Crippen LogP contribution >= 0.6 is 11.3 Å². The Balaban J connectivity index is 2.17. The van der Waals surface area contributed by atoms with Crippen molar-refractivity contribution < 1.29 is 9.53 Å². The lowest BCUT2D eigenvalue weighted by Gasteiger charge is -2.04. The van der Waals surface area contributed by atoms with E-state index in [9.17, 15) is 4.79 Å². The SMILES string of the molecule is COC(=O)c1cc(-c2cc(C)cs2)n(-c2ccccn2)n1. The Hall–Kier alpha value is -2.47. The zero-order valence-corrected chi connectivity index (χ0v) is 12.4. The Morgan fingerprint density at radius 3 is 2.81 bits per heavy atom. The molecule has 3 aromatic heterocycles. The van der Waals surface area contributed by atoms with E-state index in [2.05, 4.69) is 21.5 Å². The summed E-state index contributed by atoms with van der Waals surface area (Å²) in [6.45, 7) is 2.03. The summed E-state index contributed by atoms with van der Waals surface area (Å²) in [5.74, 6) is 0.202. The van der Waals surface area contributed by atoms with Gasteiger partial charge < -0.3 is 4.74 Å². The summed E-state index contributed by atoms with van der Waals surface area (Å²) in [6, 6.07) is 9.35.